The number of likely N-dealkylation sites (N-methyl/N-ethyl adjacent to an activating group) is 1. The Labute approximate surface area is 164 Å². The zero-order valence-corrected chi connectivity index (χ0v) is 16.8. The number of nitrogens with one attached hydrogen (secondary N) is 1. The van der Waals surface area contributed by atoms with Crippen LogP contribution in [0, 0.1) is 13.8 Å². The fourth-order valence-electron chi connectivity index (χ4n) is 3.76. The van der Waals surface area contributed by atoms with Crippen LogP contribution < -0.4 is 5.32 Å². The zero-order chi connectivity index (χ0) is 19.0. The Hall–Kier alpha value is -2.18. The lowest BCUT2D eigenvalue weighted by atomic mass is 10.1. The van der Waals surface area contributed by atoms with E-state index in [1.54, 1.807) is 0 Å². The number of aromatic nitrogens is 4. The third-order valence-corrected chi connectivity index (χ3v) is 5.50. The monoisotopic (exact) mass is 384 g/mol. The highest BCUT2D eigenvalue weighted by Crippen LogP contribution is 2.31. The molecule has 1 unspecified atom stereocenters. The largest absolute Gasteiger partial charge is 0.349 e. The molecule has 0 bridgehead atoms. The second-order valence-corrected chi connectivity index (χ2v) is 7.72. The number of halogens is 1. The molecular weight excluding hydrogens is 360 g/mol. The molecule has 0 aliphatic carbocycles. The van der Waals surface area contributed by atoms with Crippen LogP contribution in [-0.4, -0.2) is 50.4 Å². The van der Waals surface area contributed by atoms with Crippen molar-refractivity contribution in [2.75, 3.05) is 25.0 Å². The first kappa shape index (κ1) is 18.2. The number of hydrogen-bond acceptors (Lipinski definition) is 5. The fraction of sp³-hybridized carbons (Fsp3) is 0.450. The summed E-state index contributed by atoms with van der Waals surface area (Å²) in [7, 11) is 0. The highest BCUT2D eigenvalue weighted by Gasteiger charge is 2.21. The molecule has 3 aromatic rings. The summed E-state index contributed by atoms with van der Waals surface area (Å²) in [5.41, 5.74) is 4.59. The van der Waals surface area contributed by atoms with Gasteiger partial charge in [-0.2, -0.15) is 9.61 Å². The number of anilines is 1. The Morgan fingerprint density at radius 1 is 1.22 bits per heavy atom. The van der Waals surface area contributed by atoms with E-state index in [1.807, 2.05) is 42.6 Å². The predicted molar refractivity (Wildman–Crippen MR) is 109 cm³/mol. The molecule has 142 valence electrons. The summed E-state index contributed by atoms with van der Waals surface area (Å²) in [6.45, 7) is 9.47. The van der Waals surface area contributed by atoms with Gasteiger partial charge in [-0.05, 0) is 57.5 Å². The number of nitrogens with zero attached hydrogens (tertiary/aromatic N) is 5. The lowest BCUT2D eigenvalue weighted by Crippen LogP contribution is -2.42. The van der Waals surface area contributed by atoms with Crippen molar-refractivity contribution in [2.45, 2.75) is 39.7 Å². The number of piperidine rings is 1. The molecule has 2 aromatic heterocycles. The number of benzene rings is 1. The van der Waals surface area contributed by atoms with E-state index in [2.05, 4.69) is 32.4 Å². The van der Waals surface area contributed by atoms with Gasteiger partial charge in [0.2, 0.25) is 5.95 Å². The number of likely N-dealkylation sites (tertiary alicyclic amines) is 1. The standard InChI is InChI=1S/C20H25ClN6/c1-4-26-9-5-6-15(12-26)22-20-24-23-19(18-11-14(3)25-27(18)20)16-8-7-13(2)10-17(16)21/h7-8,10-11,15H,4-6,9,12H2,1-3H3,(H,22,24). The van der Waals surface area contributed by atoms with Crippen molar-refractivity contribution in [3.05, 3.63) is 40.5 Å². The molecule has 4 rings (SSSR count). The number of fused-ring (bicyclic) bond motifs is 1. The quantitative estimate of drug-likeness (QED) is 0.737. The number of rotatable bonds is 4. The van der Waals surface area contributed by atoms with Crippen LogP contribution in [0.2, 0.25) is 5.02 Å². The van der Waals surface area contributed by atoms with Crippen molar-refractivity contribution in [1.29, 1.82) is 0 Å². The van der Waals surface area contributed by atoms with Gasteiger partial charge in [-0.1, -0.05) is 30.7 Å². The summed E-state index contributed by atoms with van der Waals surface area (Å²) in [5.74, 6) is 0.688. The van der Waals surface area contributed by atoms with Crippen LogP contribution in [-0.2, 0) is 0 Å². The van der Waals surface area contributed by atoms with Gasteiger partial charge in [0.1, 0.15) is 5.69 Å². The third-order valence-electron chi connectivity index (χ3n) is 5.19. The van der Waals surface area contributed by atoms with Gasteiger partial charge in [-0.15, -0.1) is 10.2 Å². The van der Waals surface area contributed by atoms with Crippen LogP contribution in [0.25, 0.3) is 16.8 Å². The second kappa shape index (κ2) is 7.44. The van der Waals surface area contributed by atoms with Crippen LogP contribution in [0.15, 0.2) is 24.3 Å². The molecule has 0 amide bonds. The second-order valence-electron chi connectivity index (χ2n) is 7.31. The average molecular weight is 385 g/mol. The summed E-state index contributed by atoms with van der Waals surface area (Å²) in [4.78, 5) is 2.46. The average Bonchev–Trinajstić information content (AvgIpc) is 3.05. The maximum absolute atomic E-state index is 6.48. The molecule has 7 heteroatoms. The smallest absolute Gasteiger partial charge is 0.244 e. The number of aryl methyl sites for hydroxylation is 2. The molecule has 27 heavy (non-hydrogen) atoms. The third kappa shape index (κ3) is 3.64. The van der Waals surface area contributed by atoms with Crippen molar-refractivity contribution in [1.82, 2.24) is 24.7 Å². The normalized spacial score (nSPS) is 18.1. The summed E-state index contributed by atoms with van der Waals surface area (Å²) >= 11 is 6.48. The van der Waals surface area contributed by atoms with Gasteiger partial charge in [0.15, 0.2) is 0 Å². The van der Waals surface area contributed by atoms with E-state index in [9.17, 15) is 0 Å². The van der Waals surface area contributed by atoms with Crippen molar-refractivity contribution < 1.29 is 0 Å². The van der Waals surface area contributed by atoms with Gasteiger partial charge < -0.3 is 10.2 Å². The van der Waals surface area contributed by atoms with Crippen molar-refractivity contribution in [3.63, 3.8) is 0 Å². The van der Waals surface area contributed by atoms with Gasteiger partial charge in [0.05, 0.1) is 16.2 Å². The van der Waals surface area contributed by atoms with Crippen LogP contribution in [0.1, 0.15) is 31.0 Å². The molecule has 0 saturated carbocycles. The van der Waals surface area contributed by atoms with Crippen molar-refractivity contribution in [3.8, 4) is 11.3 Å². The van der Waals surface area contributed by atoms with E-state index in [4.69, 9.17) is 11.6 Å². The molecule has 1 N–H and O–H groups in total. The zero-order valence-electron chi connectivity index (χ0n) is 16.0. The van der Waals surface area contributed by atoms with E-state index in [-0.39, 0.29) is 0 Å². The summed E-state index contributed by atoms with van der Waals surface area (Å²) in [5, 5.41) is 17.9. The molecule has 6 nitrogen and oxygen atoms in total. The molecular formula is C20H25ClN6. The topological polar surface area (TPSA) is 58.3 Å². The van der Waals surface area contributed by atoms with Gasteiger partial charge in [0, 0.05) is 18.2 Å². The summed E-state index contributed by atoms with van der Waals surface area (Å²) < 4.78 is 1.86. The fourth-order valence-corrected chi connectivity index (χ4v) is 4.08. The SMILES string of the molecule is CCN1CCCC(Nc2nnc(-c3ccc(C)cc3Cl)c3cc(C)nn23)C1. The van der Waals surface area contributed by atoms with E-state index < -0.39 is 0 Å². The Balaban J connectivity index is 1.72. The first-order chi connectivity index (χ1) is 13.0. The molecule has 1 saturated heterocycles. The minimum atomic E-state index is 0.356. The lowest BCUT2D eigenvalue weighted by molar-refractivity contribution is 0.226. The lowest BCUT2D eigenvalue weighted by Gasteiger charge is -2.32. The van der Waals surface area contributed by atoms with Crippen LogP contribution in [0.3, 0.4) is 0 Å². The highest BCUT2D eigenvalue weighted by atomic mass is 35.5. The minimum Gasteiger partial charge on any atom is -0.349 e. The Morgan fingerprint density at radius 2 is 2.07 bits per heavy atom. The van der Waals surface area contributed by atoms with E-state index in [0.29, 0.717) is 17.0 Å². The minimum absolute atomic E-state index is 0.356. The van der Waals surface area contributed by atoms with Crippen molar-refractivity contribution >= 4 is 23.1 Å². The Bertz CT molecular complexity index is 967. The van der Waals surface area contributed by atoms with E-state index in [1.165, 1.54) is 13.0 Å². The Kier molecular flexibility index (Phi) is 5.02. The maximum Gasteiger partial charge on any atom is 0.244 e. The summed E-state index contributed by atoms with van der Waals surface area (Å²) in [6.07, 6.45) is 2.32. The molecule has 1 aliphatic heterocycles. The van der Waals surface area contributed by atoms with Crippen molar-refractivity contribution in [2.24, 2.45) is 0 Å². The first-order valence-electron chi connectivity index (χ1n) is 9.53. The molecule has 1 aromatic carbocycles. The van der Waals surface area contributed by atoms with Crippen LogP contribution >= 0.6 is 11.6 Å². The van der Waals surface area contributed by atoms with Crippen LogP contribution in [0.4, 0.5) is 5.95 Å². The van der Waals surface area contributed by atoms with Gasteiger partial charge in [-0.3, -0.25) is 0 Å². The molecule has 0 radical (unpaired) electrons. The molecule has 1 atom stereocenters. The van der Waals surface area contributed by atoms with Gasteiger partial charge in [0.25, 0.3) is 0 Å². The van der Waals surface area contributed by atoms with E-state index >= 15 is 0 Å². The van der Waals surface area contributed by atoms with Crippen LogP contribution in [0.5, 0.6) is 0 Å². The van der Waals surface area contributed by atoms with E-state index in [0.717, 1.165) is 47.5 Å². The first-order valence-corrected chi connectivity index (χ1v) is 9.91. The molecule has 3 heterocycles. The predicted octanol–water partition coefficient (Wildman–Crippen LogP) is 3.96. The van der Waals surface area contributed by atoms with Gasteiger partial charge in [-0.25, -0.2) is 0 Å². The molecule has 1 aliphatic rings. The highest BCUT2D eigenvalue weighted by molar-refractivity contribution is 6.33. The Morgan fingerprint density at radius 3 is 2.85 bits per heavy atom. The summed E-state index contributed by atoms with van der Waals surface area (Å²) in [6, 6.07) is 8.37. The number of hydrogen-bond donors (Lipinski definition) is 1. The molecule has 1 fully saturated rings. The maximum atomic E-state index is 6.48. The van der Waals surface area contributed by atoms with Gasteiger partial charge >= 0.3 is 0 Å². The molecule has 0 spiro atoms.